The Morgan fingerprint density at radius 1 is 0.886 bits per heavy atom. The number of likely N-dealkylation sites (tertiary alicyclic amines) is 2. The number of carbonyl (C=O) groups excluding carboxylic acids is 2. The van der Waals surface area contributed by atoms with E-state index < -0.39 is 11.6 Å². The Bertz CT molecular complexity index is 1740. The predicted molar refractivity (Wildman–Crippen MR) is 174 cm³/mol. The molecule has 0 spiro atoms. The van der Waals surface area contributed by atoms with Crippen LogP contribution in [0.4, 0.5) is 0 Å². The van der Waals surface area contributed by atoms with Gasteiger partial charge in [-0.05, 0) is 86.7 Å². The van der Waals surface area contributed by atoms with Crippen molar-refractivity contribution >= 4 is 46.0 Å². The number of amides is 2. The van der Waals surface area contributed by atoms with Crippen LogP contribution in [-0.2, 0) is 4.79 Å². The molecule has 2 aliphatic rings. The Morgan fingerprint density at radius 2 is 1.57 bits per heavy atom. The van der Waals surface area contributed by atoms with Crippen molar-refractivity contribution in [3.8, 4) is 11.1 Å². The highest BCUT2D eigenvalue weighted by Crippen LogP contribution is 2.29. The second kappa shape index (κ2) is 13.1. The van der Waals surface area contributed by atoms with E-state index in [1.807, 2.05) is 53.4 Å². The number of hydrogen-bond acceptors (Lipinski definition) is 5. The molecule has 8 nitrogen and oxygen atoms in total. The van der Waals surface area contributed by atoms with Crippen LogP contribution in [0.5, 0.6) is 0 Å². The van der Waals surface area contributed by atoms with Gasteiger partial charge in [0.25, 0.3) is 11.5 Å². The summed E-state index contributed by atoms with van der Waals surface area (Å²) in [5.74, 6) is -0.206. The summed E-state index contributed by atoms with van der Waals surface area (Å²) in [4.78, 5) is 48.1. The van der Waals surface area contributed by atoms with Gasteiger partial charge in [-0.15, -0.1) is 0 Å². The standard InChI is InChI=1S/C34H35Cl2N5O3/c1-22(41-31-19-28(36)27(35)18-29(31)37-20-32(41)42)33(43)38-30(21-39-13-2-3-14-39)24-11-9-23(10-12-24)25-7-6-8-26(17-25)34(44)40-15-4-5-16-40/h6-12,17-20,22,30H,2-5,13-16,21H2,1H3,(H,38,43). The first kappa shape index (κ1) is 30.3. The summed E-state index contributed by atoms with van der Waals surface area (Å²) in [5, 5.41) is 3.83. The van der Waals surface area contributed by atoms with Gasteiger partial charge in [0.2, 0.25) is 5.91 Å². The second-order valence-corrected chi connectivity index (χ2v) is 12.5. The molecule has 1 N–H and O–H groups in total. The van der Waals surface area contributed by atoms with Gasteiger partial charge in [0.15, 0.2) is 0 Å². The minimum absolute atomic E-state index is 0.0786. The zero-order chi connectivity index (χ0) is 30.8. The molecular formula is C34H35Cl2N5O3. The van der Waals surface area contributed by atoms with Crippen molar-refractivity contribution in [3.63, 3.8) is 0 Å². The molecule has 2 atom stereocenters. The highest BCUT2D eigenvalue weighted by atomic mass is 35.5. The van der Waals surface area contributed by atoms with Crippen LogP contribution in [0, 0.1) is 0 Å². The molecule has 228 valence electrons. The highest BCUT2D eigenvalue weighted by molar-refractivity contribution is 6.42. The number of carbonyl (C=O) groups is 2. The lowest BCUT2D eigenvalue weighted by Crippen LogP contribution is -2.41. The number of aromatic nitrogens is 2. The van der Waals surface area contributed by atoms with E-state index in [2.05, 4.69) is 15.2 Å². The van der Waals surface area contributed by atoms with Crippen LogP contribution in [0.25, 0.3) is 22.2 Å². The van der Waals surface area contributed by atoms with Gasteiger partial charge in [0, 0.05) is 25.2 Å². The normalized spacial score (nSPS) is 16.8. The first-order chi connectivity index (χ1) is 21.3. The van der Waals surface area contributed by atoms with Gasteiger partial charge in [-0.2, -0.15) is 0 Å². The van der Waals surface area contributed by atoms with E-state index in [4.69, 9.17) is 23.2 Å². The number of hydrogen-bond donors (Lipinski definition) is 1. The largest absolute Gasteiger partial charge is 0.346 e. The van der Waals surface area contributed by atoms with Gasteiger partial charge >= 0.3 is 0 Å². The molecule has 3 aromatic carbocycles. The molecule has 3 heterocycles. The third-order valence-electron chi connectivity index (χ3n) is 8.70. The lowest BCUT2D eigenvalue weighted by molar-refractivity contribution is -0.124. The fourth-order valence-corrected chi connectivity index (χ4v) is 6.55. The molecule has 2 aliphatic heterocycles. The Kier molecular flexibility index (Phi) is 9.03. The Morgan fingerprint density at radius 3 is 2.30 bits per heavy atom. The number of halogens is 2. The van der Waals surface area contributed by atoms with E-state index in [9.17, 15) is 14.4 Å². The molecule has 2 amide bonds. The average Bonchev–Trinajstić information content (AvgIpc) is 3.76. The minimum atomic E-state index is -0.818. The Balaban J connectivity index is 1.25. The van der Waals surface area contributed by atoms with E-state index in [1.54, 1.807) is 19.1 Å². The predicted octanol–water partition coefficient (Wildman–Crippen LogP) is 6.12. The number of nitrogens with zero attached hydrogens (tertiary/aromatic N) is 4. The summed E-state index contributed by atoms with van der Waals surface area (Å²) in [6.45, 7) is 5.94. The van der Waals surface area contributed by atoms with E-state index >= 15 is 0 Å². The number of rotatable bonds is 8. The molecule has 2 saturated heterocycles. The van der Waals surface area contributed by atoms with Crippen LogP contribution in [0.2, 0.25) is 10.0 Å². The van der Waals surface area contributed by atoms with Crippen molar-refractivity contribution in [2.75, 3.05) is 32.7 Å². The van der Waals surface area contributed by atoms with Crippen molar-refractivity contribution in [3.05, 3.63) is 98.4 Å². The lowest BCUT2D eigenvalue weighted by atomic mass is 9.98. The quantitative estimate of drug-likeness (QED) is 0.253. The molecule has 2 fully saturated rings. The third kappa shape index (κ3) is 6.39. The molecule has 0 radical (unpaired) electrons. The molecule has 4 aromatic rings. The van der Waals surface area contributed by atoms with Gasteiger partial charge in [-0.1, -0.05) is 59.6 Å². The molecule has 2 unspecified atom stereocenters. The van der Waals surface area contributed by atoms with E-state index in [0.29, 0.717) is 28.2 Å². The summed E-state index contributed by atoms with van der Waals surface area (Å²) >= 11 is 12.4. The molecule has 0 bridgehead atoms. The molecule has 1 aromatic heterocycles. The summed E-state index contributed by atoms with van der Waals surface area (Å²) in [5.41, 5.74) is 4.16. The average molecular weight is 633 g/mol. The van der Waals surface area contributed by atoms with Gasteiger partial charge in [-0.25, -0.2) is 4.98 Å². The fraction of sp³-hybridized carbons (Fsp3) is 0.353. The summed E-state index contributed by atoms with van der Waals surface area (Å²) < 4.78 is 1.41. The Labute approximate surface area is 266 Å². The van der Waals surface area contributed by atoms with Gasteiger partial charge in [0.1, 0.15) is 6.04 Å². The summed E-state index contributed by atoms with van der Waals surface area (Å²) in [6, 6.07) is 18.0. The van der Waals surface area contributed by atoms with Crippen LogP contribution in [0.3, 0.4) is 0 Å². The van der Waals surface area contributed by atoms with Crippen molar-refractivity contribution in [1.29, 1.82) is 0 Å². The van der Waals surface area contributed by atoms with Gasteiger partial charge < -0.3 is 15.1 Å². The number of nitrogens with one attached hydrogen (secondary N) is 1. The van der Waals surface area contributed by atoms with Crippen molar-refractivity contribution in [2.45, 2.75) is 44.7 Å². The topological polar surface area (TPSA) is 87.5 Å². The van der Waals surface area contributed by atoms with Gasteiger partial charge in [-0.3, -0.25) is 19.0 Å². The van der Waals surface area contributed by atoms with E-state index in [1.165, 1.54) is 10.8 Å². The van der Waals surface area contributed by atoms with Crippen LogP contribution >= 0.6 is 23.2 Å². The molecule has 44 heavy (non-hydrogen) atoms. The monoisotopic (exact) mass is 631 g/mol. The first-order valence-electron chi connectivity index (χ1n) is 15.2. The number of fused-ring (bicyclic) bond motifs is 1. The van der Waals surface area contributed by atoms with Crippen molar-refractivity contribution < 1.29 is 9.59 Å². The maximum atomic E-state index is 13.7. The van der Waals surface area contributed by atoms with Crippen LogP contribution in [0.15, 0.2) is 71.7 Å². The maximum Gasteiger partial charge on any atom is 0.270 e. The Hall–Kier alpha value is -3.72. The SMILES string of the molecule is CC(C(=O)NC(CN1CCCC1)c1ccc(-c2cccc(C(=O)N3CCCC3)c2)cc1)n1c(=O)cnc2cc(Cl)c(Cl)cc21. The maximum absolute atomic E-state index is 13.7. The van der Waals surface area contributed by atoms with Crippen LogP contribution in [-0.4, -0.2) is 63.9 Å². The molecular weight excluding hydrogens is 597 g/mol. The minimum Gasteiger partial charge on any atom is -0.346 e. The van der Waals surface area contributed by atoms with Crippen LogP contribution < -0.4 is 10.9 Å². The van der Waals surface area contributed by atoms with Crippen LogP contribution in [0.1, 0.15) is 60.6 Å². The molecule has 0 aliphatic carbocycles. The summed E-state index contributed by atoms with van der Waals surface area (Å²) in [6.07, 6.45) is 5.57. The molecule has 6 rings (SSSR count). The molecule has 10 heteroatoms. The number of benzene rings is 3. The fourth-order valence-electron chi connectivity index (χ4n) is 6.24. The second-order valence-electron chi connectivity index (χ2n) is 11.7. The first-order valence-corrected chi connectivity index (χ1v) is 15.9. The zero-order valence-electron chi connectivity index (χ0n) is 24.6. The van der Waals surface area contributed by atoms with E-state index in [0.717, 1.165) is 68.6 Å². The van der Waals surface area contributed by atoms with E-state index in [-0.39, 0.29) is 22.9 Å². The highest BCUT2D eigenvalue weighted by Gasteiger charge is 2.26. The zero-order valence-corrected chi connectivity index (χ0v) is 26.2. The lowest BCUT2D eigenvalue weighted by Gasteiger charge is -2.27. The smallest absolute Gasteiger partial charge is 0.270 e. The summed E-state index contributed by atoms with van der Waals surface area (Å²) in [7, 11) is 0. The van der Waals surface area contributed by atoms with Crippen molar-refractivity contribution in [2.24, 2.45) is 0 Å². The third-order valence-corrected chi connectivity index (χ3v) is 9.42. The van der Waals surface area contributed by atoms with Crippen molar-refractivity contribution in [1.82, 2.24) is 24.7 Å². The molecule has 0 saturated carbocycles. The van der Waals surface area contributed by atoms with Gasteiger partial charge in [0.05, 0.1) is 33.3 Å².